The third-order valence-corrected chi connectivity index (χ3v) is 2.42. The van der Waals surface area contributed by atoms with Gasteiger partial charge in [-0.1, -0.05) is 31.5 Å². The lowest BCUT2D eigenvalue weighted by atomic mass is 10.2. The maximum atomic E-state index is 10.4. The fourth-order valence-electron chi connectivity index (χ4n) is 1.57. The Balaban J connectivity index is 2.58. The van der Waals surface area contributed by atoms with Crippen molar-refractivity contribution in [2.45, 2.75) is 26.2 Å². The SMILES string of the molecule is CCCCN(CCC=O)c1ccccc1. The Morgan fingerprint density at radius 2 is 1.93 bits per heavy atom. The Hall–Kier alpha value is -1.31. The summed E-state index contributed by atoms with van der Waals surface area (Å²) in [6.45, 7) is 4.05. The van der Waals surface area contributed by atoms with Crippen LogP contribution >= 0.6 is 0 Å². The average molecular weight is 205 g/mol. The largest absolute Gasteiger partial charge is 0.371 e. The molecule has 0 aliphatic rings. The second-order valence-electron chi connectivity index (χ2n) is 3.63. The molecule has 0 radical (unpaired) electrons. The fourth-order valence-corrected chi connectivity index (χ4v) is 1.57. The minimum absolute atomic E-state index is 0.610. The van der Waals surface area contributed by atoms with Crippen molar-refractivity contribution < 1.29 is 4.79 Å². The molecular formula is C13H19NO. The highest BCUT2D eigenvalue weighted by atomic mass is 16.1. The Bertz CT molecular complexity index is 271. The van der Waals surface area contributed by atoms with E-state index in [4.69, 9.17) is 0 Å². The molecule has 0 aliphatic heterocycles. The first-order valence-corrected chi connectivity index (χ1v) is 5.62. The molecule has 0 unspecified atom stereocenters. The number of benzene rings is 1. The lowest BCUT2D eigenvalue weighted by Gasteiger charge is -2.23. The van der Waals surface area contributed by atoms with Crippen molar-refractivity contribution in [3.8, 4) is 0 Å². The normalized spacial score (nSPS) is 9.93. The molecule has 1 aromatic rings. The second-order valence-corrected chi connectivity index (χ2v) is 3.63. The molecule has 2 nitrogen and oxygen atoms in total. The maximum absolute atomic E-state index is 10.4. The fraction of sp³-hybridized carbons (Fsp3) is 0.462. The lowest BCUT2D eigenvalue weighted by molar-refractivity contribution is -0.107. The topological polar surface area (TPSA) is 20.3 Å². The molecule has 0 N–H and O–H groups in total. The quantitative estimate of drug-likeness (QED) is 0.638. The van der Waals surface area contributed by atoms with Crippen LogP contribution in [0.5, 0.6) is 0 Å². The molecule has 0 fully saturated rings. The van der Waals surface area contributed by atoms with Crippen molar-refractivity contribution >= 4 is 12.0 Å². The van der Waals surface area contributed by atoms with Gasteiger partial charge in [-0.3, -0.25) is 0 Å². The monoisotopic (exact) mass is 205 g/mol. The smallest absolute Gasteiger partial charge is 0.121 e. The molecule has 0 bridgehead atoms. The van der Waals surface area contributed by atoms with Gasteiger partial charge in [-0.15, -0.1) is 0 Å². The van der Waals surface area contributed by atoms with Crippen LogP contribution in [0.25, 0.3) is 0 Å². The summed E-state index contributed by atoms with van der Waals surface area (Å²) in [5.74, 6) is 0. The van der Waals surface area contributed by atoms with Gasteiger partial charge in [0, 0.05) is 25.2 Å². The lowest BCUT2D eigenvalue weighted by Crippen LogP contribution is -2.25. The molecule has 1 aromatic carbocycles. The molecule has 1 rings (SSSR count). The van der Waals surface area contributed by atoms with E-state index in [1.165, 1.54) is 18.5 Å². The number of unbranched alkanes of at least 4 members (excludes halogenated alkanes) is 1. The van der Waals surface area contributed by atoms with Gasteiger partial charge < -0.3 is 9.69 Å². The summed E-state index contributed by atoms with van der Waals surface area (Å²) in [5, 5.41) is 0. The van der Waals surface area contributed by atoms with Crippen LogP contribution in [-0.4, -0.2) is 19.4 Å². The number of carbonyl (C=O) groups is 1. The Labute approximate surface area is 91.9 Å². The molecule has 2 heteroatoms. The number of nitrogens with zero attached hydrogens (tertiary/aromatic N) is 1. The van der Waals surface area contributed by atoms with Crippen LogP contribution in [0.2, 0.25) is 0 Å². The number of para-hydroxylation sites is 1. The van der Waals surface area contributed by atoms with Crippen LogP contribution in [0, 0.1) is 0 Å². The van der Waals surface area contributed by atoms with Gasteiger partial charge in [0.2, 0.25) is 0 Å². The number of hydrogen-bond acceptors (Lipinski definition) is 2. The van der Waals surface area contributed by atoms with Gasteiger partial charge in [-0.2, -0.15) is 0 Å². The Morgan fingerprint density at radius 1 is 1.20 bits per heavy atom. The Morgan fingerprint density at radius 3 is 2.53 bits per heavy atom. The van der Waals surface area contributed by atoms with Crippen molar-refractivity contribution in [2.24, 2.45) is 0 Å². The van der Waals surface area contributed by atoms with Gasteiger partial charge in [-0.25, -0.2) is 0 Å². The molecule has 82 valence electrons. The molecule has 15 heavy (non-hydrogen) atoms. The minimum Gasteiger partial charge on any atom is -0.371 e. The van der Waals surface area contributed by atoms with Gasteiger partial charge in [0.05, 0.1) is 0 Å². The van der Waals surface area contributed by atoms with E-state index in [0.717, 1.165) is 19.4 Å². The zero-order valence-corrected chi connectivity index (χ0v) is 9.36. The zero-order valence-electron chi connectivity index (χ0n) is 9.36. The first-order chi connectivity index (χ1) is 7.38. The maximum Gasteiger partial charge on any atom is 0.121 e. The van der Waals surface area contributed by atoms with Gasteiger partial charge in [0.25, 0.3) is 0 Å². The summed E-state index contributed by atoms with van der Waals surface area (Å²) in [6.07, 6.45) is 3.96. The molecule has 0 aliphatic carbocycles. The van der Waals surface area contributed by atoms with Crippen LogP contribution < -0.4 is 4.90 Å². The third kappa shape index (κ3) is 4.15. The van der Waals surface area contributed by atoms with E-state index in [0.29, 0.717) is 6.42 Å². The van der Waals surface area contributed by atoms with Gasteiger partial charge in [0.15, 0.2) is 0 Å². The van der Waals surface area contributed by atoms with E-state index in [-0.39, 0.29) is 0 Å². The van der Waals surface area contributed by atoms with Gasteiger partial charge in [-0.05, 0) is 18.6 Å². The molecule has 0 spiro atoms. The van der Waals surface area contributed by atoms with Crippen LogP contribution in [0.4, 0.5) is 5.69 Å². The highest BCUT2D eigenvalue weighted by Gasteiger charge is 2.03. The van der Waals surface area contributed by atoms with Crippen LogP contribution in [-0.2, 0) is 4.79 Å². The van der Waals surface area contributed by atoms with E-state index in [1.54, 1.807) is 0 Å². The zero-order chi connectivity index (χ0) is 10.9. The average Bonchev–Trinajstić information content (AvgIpc) is 2.30. The number of hydrogen-bond donors (Lipinski definition) is 0. The van der Waals surface area contributed by atoms with Crippen molar-refractivity contribution in [2.75, 3.05) is 18.0 Å². The predicted molar refractivity (Wildman–Crippen MR) is 64.2 cm³/mol. The first kappa shape index (κ1) is 11.8. The number of anilines is 1. The van der Waals surface area contributed by atoms with E-state index < -0.39 is 0 Å². The number of rotatable bonds is 7. The third-order valence-electron chi connectivity index (χ3n) is 2.42. The minimum atomic E-state index is 0.610. The van der Waals surface area contributed by atoms with Crippen molar-refractivity contribution in [3.05, 3.63) is 30.3 Å². The van der Waals surface area contributed by atoms with Crippen molar-refractivity contribution in [1.82, 2.24) is 0 Å². The van der Waals surface area contributed by atoms with E-state index in [9.17, 15) is 4.79 Å². The Kier molecular flexibility index (Phi) is 5.52. The predicted octanol–water partition coefficient (Wildman–Crippen LogP) is 2.88. The molecule has 0 amide bonds. The highest BCUT2D eigenvalue weighted by molar-refractivity contribution is 5.52. The van der Waals surface area contributed by atoms with Crippen molar-refractivity contribution in [1.29, 1.82) is 0 Å². The number of carbonyl (C=O) groups excluding carboxylic acids is 1. The molecule has 0 saturated heterocycles. The summed E-state index contributed by atoms with van der Waals surface area (Å²) in [7, 11) is 0. The second kappa shape index (κ2) is 7.04. The van der Waals surface area contributed by atoms with Crippen LogP contribution in [0.3, 0.4) is 0 Å². The summed E-state index contributed by atoms with van der Waals surface area (Å²) in [6, 6.07) is 10.3. The highest BCUT2D eigenvalue weighted by Crippen LogP contribution is 2.14. The van der Waals surface area contributed by atoms with E-state index in [2.05, 4.69) is 24.0 Å². The summed E-state index contributed by atoms with van der Waals surface area (Å²) < 4.78 is 0. The molecule has 0 aromatic heterocycles. The van der Waals surface area contributed by atoms with Gasteiger partial charge >= 0.3 is 0 Å². The standard InChI is InChI=1S/C13H19NO/c1-2-3-10-14(11-7-12-15)13-8-5-4-6-9-13/h4-6,8-9,12H,2-3,7,10-11H2,1H3. The van der Waals surface area contributed by atoms with E-state index in [1.807, 2.05) is 18.2 Å². The first-order valence-electron chi connectivity index (χ1n) is 5.62. The molecule has 0 atom stereocenters. The van der Waals surface area contributed by atoms with Crippen LogP contribution in [0.1, 0.15) is 26.2 Å². The number of aldehydes is 1. The summed E-state index contributed by atoms with van der Waals surface area (Å²) >= 11 is 0. The molecular weight excluding hydrogens is 186 g/mol. The van der Waals surface area contributed by atoms with E-state index >= 15 is 0 Å². The summed E-state index contributed by atoms with van der Waals surface area (Å²) in [5.41, 5.74) is 1.22. The molecule has 0 heterocycles. The van der Waals surface area contributed by atoms with Gasteiger partial charge in [0.1, 0.15) is 6.29 Å². The summed E-state index contributed by atoms with van der Waals surface area (Å²) in [4.78, 5) is 12.7. The van der Waals surface area contributed by atoms with Crippen molar-refractivity contribution in [3.63, 3.8) is 0 Å². The van der Waals surface area contributed by atoms with Crippen LogP contribution in [0.15, 0.2) is 30.3 Å². The molecule has 0 saturated carbocycles.